The number of hydrogen-bond donors (Lipinski definition) is 1. The predicted octanol–water partition coefficient (Wildman–Crippen LogP) is 2.94. The van der Waals surface area contributed by atoms with E-state index in [4.69, 9.17) is 0 Å². The molecule has 0 aliphatic rings. The molecule has 134 valence electrons. The van der Waals surface area contributed by atoms with E-state index in [1.54, 1.807) is 24.0 Å². The first-order chi connectivity index (χ1) is 11.7. The Morgan fingerprint density at radius 1 is 1.00 bits per heavy atom. The summed E-state index contributed by atoms with van der Waals surface area (Å²) in [7, 11) is -3.61. The Morgan fingerprint density at radius 2 is 1.60 bits per heavy atom. The number of nitrogens with zero attached hydrogens (tertiary/aromatic N) is 1. The minimum absolute atomic E-state index is 0.130. The van der Waals surface area contributed by atoms with Crippen molar-refractivity contribution >= 4 is 21.6 Å². The molecule has 0 bridgehead atoms. The van der Waals surface area contributed by atoms with Crippen LogP contribution in [0.15, 0.2) is 47.4 Å². The molecule has 0 aromatic heterocycles. The maximum atomic E-state index is 12.5. The van der Waals surface area contributed by atoms with Crippen LogP contribution in [0.1, 0.15) is 23.6 Å². The molecule has 1 N–H and O–H groups in total. The lowest BCUT2D eigenvalue weighted by Crippen LogP contribution is -2.37. The van der Waals surface area contributed by atoms with Gasteiger partial charge in [0.25, 0.3) is 0 Å². The fourth-order valence-corrected chi connectivity index (χ4v) is 3.91. The third-order valence-corrected chi connectivity index (χ3v) is 5.59. The van der Waals surface area contributed by atoms with Crippen LogP contribution in [0, 0.1) is 20.8 Å². The normalized spacial score (nSPS) is 11.4. The van der Waals surface area contributed by atoms with Gasteiger partial charge in [-0.2, -0.15) is 0 Å². The number of hydrogen-bond acceptors (Lipinski definition) is 3. The zero-order chi connectivity index (χ0) is 18.6. The average Bonchev–Trinajstić information content (AvgIpc) is 2.52. The van der Waals surface area contributed by atoms with Crippen molar-refractivity contribution in [3.63, 3.8) is 0 Å². The van der Waals surface area contributed by atoms with Crippen LogP contribution in [0.25, 0.3) is 0 Å². The number of benzene rings is 2. The summed E-state index contributed by atoms with van der Waals surface area (Å²) < 4.78 is 27.5. The summed E-state index contributed by atoms with van der Waals surface area (Å²) in [6, 6.07) is 12.8. The number of sulfonamides is 1. The third kappa shape index (κ3) is 4.90. The first kappa shape index (κ1) is 19.1. The van der Waals surface area contributed by atoms with Gasteiger partial charge in [-0.3, -0.25) is 4.79 Å². The van der Waals surface area contributed by atoms with E-state index in [2.05, 4.69) is 4.72 Å². The molecule has 1 amide bonds. The van der Waals surface area contributed by atoms with E-state index in [9.17, 15) is 13.2 Å². The Bertz CT molecular complexity index is 859. The monoisotopic (exact) mass is 360 g/mol. The molecular weight excluding hydrogens is 336 g/mol. The number of rotatable bonds is 6. The average molecular weight is 360 g/mol. The van der Waals surface area contributed by atoms with Gasteiger partial charge in [0.05, 0.1) is 4.90 Å². The molecule has 0 atom stereocenters. The van der Waals surface area contributed by atoms with Crippen molar-refractivity contribution in [1.29, 1.82) is 0 Å². The maximum Gasteiger partial charge on any atom is 0.240 e. The second kappa shape index (κ2) is 7.80. The second-order valence-corrected chi connectivity index (χ2v) is 7.91. The van der Waals surface area contributed by atoms with Gasteiger partial charge in [-0.15, -0.1) is 0 Å². The fraction of sp³-hybridized carbons (Fsp3) is 0.316. The standard InChI is InChI=1S/C19H24N2O3S/c1-14-5-8-18(9-6-14)21(17(4)22)12-11-20-25(23,24)19-10-7-15(2)13-16(19)3/h5-10,13,20H,11-12H2,1-4H3. The minimum Gasteiger partial charge on any atom is -0.311 e. The van der Waals surface area contributed by atoms with E-state index in [0.29, 0.717) is 5.56 Å². The summed E-state index contributed by atoms with van der Waals surface area (Å²) in [5, 5.41) is 0. The summed E-state index contributed by atoms with van der Waals surface area (Å²) in [4.78, 5) is 13.7. The molecule has 2 aromatic carbocycles. The van der Waals surface area contributed by atoms with Gasteiger partial charge in [0.2, 0.25) is 15.9 Å². The number of amides is 1. The van der Waals surface area contributed by atoms with Gasteiger partial charge in [0, 0.05) is 25.7 Å². The Hall–Kier alpha value is -2.18. The first-order valence-corrected chi connectivity index (χ1v) is 9.61. The number of aryl methyl sites for hydroxylation is 3. The lowest BCUT2D eigenvalue weighted by molar-refractivity contribution is -0.116. The molecule has 0 fully saturated rings. The molecule has 2 aromatic rings. The Kier molecular flexibility index (Phi) is 5.98. The number of carbonyl (C=O) groups is 1. The van der Waals surface area contributed by atoms with Crippen LogP contribution >= 0.6 is 0 Å². The Labute approximate surface area is 149 Å². The van der Waals surface area contributed by atoms with Crippen LogP contribution in [0.3, 0.4) is 0 Å². The van der Waals surface area contributed by atoms with Crippen LogP contribution in [-0.4, -0.2) is 27.4 Å². The van der Waals surface area contributed by atoms with Crippen molar-refractivity contribution < 1.29 is 13.2 Å². The zero-order valence-electron chi connectivity index (χ0n) is 15.0. The van der Waals surface area contributed by atoms with Crippen molar-refractivity contribution in [3.05, 3.63) is 59.2 Å². The highest BCUT2D eigenvalue weighted by Crippen LogP contribution is 2.17. The van der Waals surface area contributed by atoms with Crippen LogP contribution < -0.4 is 9.62 Å². The summed E-state index contributed by atoms with van der Waals surface area (Å²) in [6.45, 7) is 7.54. The van der Waals surface area contributed by atoms with Crippen molar-refractivity contribution in [2.45, 2.75) is 32.6 Å². The quantitative estimate of drug-likeness (QED) is 0.861. The molecule has 6 heteroatoms. The molecule has 0 spiro atoms. The Morgan fingerprint density at radius 3 is 2.16 bits per heavy atom. The Balaban J connectivity index is 2.08. The van der Waals surface area contributed by atoms with Gasteiger partial charge in [-0.1, -0.05) is 35.4 Å². The van der Waals surface area contributed by atoms with Crippen molar-refractivity contribution in [3.8, 4) is 0 Å². The SMILES string of the molecule is CC(=O)N(CCNS(=O)(=O)c1ccc(C)cc1C)c1ccc(C)cc1. The third-order valence-electron chi connectivity index (χ3n) is 3.97. The van der Waals surface area contributed by atoms with Gasteiger partial charge in [0.1, 0.15) is 0 Å². The minimum atomic E-state index is -3.61. The van der Waals surface area contributed by atoms with E-state index >= 15 is 0 Å². The van der Waals surface area contributed by atoms with Crippen LogP contribution in [-0.2, 0) is 14.8 Å². The second-order valence-electron chi connectivity index (χ2n) is 6.17. The van der Waals surface area contributed by atoms with E-state index in [1.807, 2.05) is 44.2 Å². The molecule has 0 aliphatic heterocycles. The first-order valence-electron chi connectivity index (χ1n) is 8.12. The van der Waals surface area contributed by atoms with Crippen LogP contribution in [0.5, 0.6) is 0 Å². The number of anilines is 1. The zero-order valence-corrected chi connectivity index (χ0v) is 15.9. The molecule has 0 radical (unpaired) electrons. The van der Waals surface area contributed by atoms with Crippen molar-refractivity contribution in [2.75, 3.05) is 18.0 Å². The van der Waals surface area contributed by atoms with Gasteiger partial charge >= 0.3 is 0 Å². The number of carbonyl (C=O) groups excluding carboxylic acids is 1. The summed E-state index contributed by atoms with van der Waals surface area (Å²) >= 11 is 0. The van der Waals surface area contributed by atoms with Gasteiger partial charge in [-0.05, 0) is 44.5 Å². The highest BCUT2D eigenvalue weighted by molar-refractivity contribution is 7.89. The molecule has 0 unspecified atom stereocenters. The molecule has 0 aliphatic carbocycles. The van der Waals surface area contributed by atoms with Gasteiger partial charge < -0.3 is 4.90 Å². The van der Waals surface area contributed by atoms with E-state index < -0.39 is 10.0 Å². The largest absolute Gasteiger partial charge is 0.311 e. The molecule has 0 saturated heterocycles. The molecule has 5 nitrogen and oxygen atoms in total. The molecule has 0 heterocycles. The molecule has 2 rings (SSSR count). The number of nitrogens with one attached hydrogen (secondary N) is 1. The van der Waals surface area contributed by atoms with E-state index in [0.717, 1.165) is 16.8 Å². The van der Waals surface area contributed by atoms with Crippen LogP contribution in [0.4, 0.5) is 5.69 Å². The maximum absolute atomic E-state index is 12.5. The van der Waals surface area contributed by atoms with Gasteiger partial charge in [0.15, 0.2) is 0 Å². The highest BCUT2D eigenvalue weighted by Gasteiger charge is 2.18. The molecule has 0 saturated carbocycles. The summed E-state index contributed by atoms with van der Waals surface area (Å²) in [5.74, 6) is -0.130. The molecule has 25 heavy (non-hydrogen) atoms. The highest BCUT2D eigenvalue weighted by atomic mass is 32.2. The topological polar surface area (TPSA) is 66.5 Å². The van der Waals surface area contributed by atoms with E-state index in [1.165, 1.54) is 6.92 Å². The lowest BCUT2D eigenvalue weighted by atomic mass is 10.2. The van der Waals surface area contributed by atoms with E-state index in [-0.39, 0.29) is 23.9 Å². The van der Waals surface area contributed by atoms with Crippen molar-refractivity contribution in [1.82, 2.24) is 4.72 Å². The van der Waals surface area contributed by atoms with Crippen molar-refractivity contribution in [2.24, 2.45) is 0 Å². The lowest BCUT2D eigenvalue weighted by Gasteiger charge is -2.21. The summed E-state index contributed by atoms with van der Waals surface area (Å²) in [6.07, 6.45) is 0. The van der Waals surface area contributed by atoms with Gasteiger partial charge in [-0.25, -0.2) is 13.1 Å². The summed E-state index contributed by atoms with van der Waals surface area (Å²) in [5.41, 5.74) is 3.57. The molecular formula is C19H24N2O3S. The predicted molar refractivity (Wildman–Crippen MR) is 100 cm³/mol. The smallest absolute Gasteiger partial charge is 0.240 e. The fourth-order valence-electron chi connectivity index (χ4n) is 2.66. The van der Waals surface area contributed by atoms with Crippen LogP contribution in [0.2, 0.25) is 0 Å².